The highest BCUT2D eigenvalue weighted by Crippen LogP contribution is 2.31. The number of fused-ring (bicyclic) bond motifs is 1. The number of ether oxygens (including phenoxy) is 3. The molecule has 0 bridgehead atoms. The molecule has 2 aliphatic rings. The second kappa shape index (κ2) is 6.45. The van der Waals surface area contributed by atoms with Gasteiger partial charge in [-0.15, -0.1) is 0 Å². The summed E-state index contributed by atoms with van der Waals surface area (Å²) in [6.07, 6.45) is 2.06. The lowest BCUT2D eigenvalue weighted by molar-refractivity contribution is -0.0384. The third-order valence-corrected chi connectivity index (χ3v) is 4.48. The fourth-order valence-corrected chi connectivity index (χ4v) is 3.38. The highest BCUT2D eigenvalue weighted by Gasteiger charge is 2.25. The van der Waals surface area contributed by atoms with Gasteiger partial charge in [-0.1, -0.05) is 6.07 Å². The molecule has 0 spiro atoms. The summed E-state index contributed by atoms with van der Waals surface area (Å²) in [5.41, 5.74) is 2.26. The van der Waals surface area contributed by atoms with Crippen LogP contribution in [0.25, 0.3) is 0 Å². The Hall–Kier alpha value is -2.05. The van der Waals surface area contributed by atoms with Crippen LogP contribution in [-0.2, 0) is 18.3 Å². The zero-order chi connectivity index (χ0) is 16.5. The molecule has 2 aliphatic heterocycles. The van der Waals surface area contributed by atoms with Crippen LogP contribution < -0.4 is 9.47 Å². The molecular formula is C18H23N3O3. The van der Waals surface area contributed by atoms with E-state index in [4.69, 9.17) is 14.2 Å². The molecule has 6 heteroatoms. The van der Waals surface area contributed by atoms with Crippen LogP contribution in [0, 0.1) is 6.92 Å². The summed E-state index contributed by atoms with van der Waals surface area (Å²) in [6, 6.07) is 6.21. The zero-order valence-electron chi connectivity index (χ0n) is 14.2. The monoisotopic (exact) mass is 329 g/mol. The first-order valence-corrected chi connectivity index (χ1v) is 8.41. The molecule has 2 aromatic rings. The maximum absolute atomic E-state index is 5.95. The van der Waals surface area contributed by atoms with Gasteiger partial charge in [0.15, 0.2) is 11.5 Å². The molecule has 3 heterocycles. The van der Waals surface area contributed by atoms with E-state index >= 15 is 0 Å². The summed E-state index contributed by atoms with van der Waals surface area (Å²) in [4.78, 5) is 7.01. The van der Waals surface area contributed by atoms with Crippen LogP contribution >= 0.6 is 0 Å². The number of nitrogens with zero attached hydrogens (tertiary/aromatic N) is 3. The van der Waals surface area contributed by atoms with Crippen LogP contribution in [0.5, 0.6) is 11.5 Å². The quantitative estimate of drug-likeness (QED) is 0.863. The van der Waals surface area contributed by atoms with Crippen LogP contribution in [0.1, 0.15) is 23.2 Å². The van der Waals surface area contributed by atoms with Gasteiger partial charge in [0.25, 0.3) is 0 Å². The van der Waals surface area contributed by atoms with Crippen LogP contribution in [0.15, 0.2) is 24.4 Å². The molecule has 1 aromatic carbocycles. The van der Waals surface area contributed by atoms with Crippen molar-refractivity contribution in [2.24, 2.45) is 7.05 Å². The van der Waals surface area contributed by atoms with E-state index in [9.17, 15) is 0 Å². The summed E-state index contributed by atoms with van der Waals surface area (Å²) in [7, 11) is 2.03. The summed E-state index contributed by atoms with van der Waals surface area (Å²) in [6.45, 7) is 6.63. The Balaban J connectivity index is 1.46. The van der Waals surface area contributed by atoms with Crippen LogP contribution in [-0.4, -0.2) is 47.4 Å². The molecule has 1 fully saturated rings. The second-order valence-electron chi connectivity index (χ2n) is 6.42. The van der Waals surface area contributed by atoms with Crippen molar-refractivity contribution in [3.63, 3.8) is 0 Å². The smallest absolute Gasteiger partial charge is 0.161 e. The van der Waals surface area contributed by atoms with E-state index in [1.807, 2.05) is 26.2 Å². The first kappa shape index (κ1) is 15.5. The number of hydrogen-bond acceptors (Lipinski definition) is 5. The molecule has 0 N–H and O–H groups in total. The molecule has 6 nitrogen and oxygen atoms in total. The van der Waals surface area contributed by atoms with Crippen molar-refractivity contribution < 1.29 is 14.2 Å². The highest BCUT2D eigenvalue weighted by atomic mass is 16.6. The minimum Gasteiger partial charge on any atom is -0.486 e. The molecule has 4 rings (SSSR count). The van der Waals surface area contributed by atoms with Gasteiger partial charge < -0.3 is 18.8 Å². The molecule has 1 saturated heterocycles. The molecule has 1 aromatic heterocycles. The average Bonchev–Trinajstić information content (AvgIpc) is 2.93. The molecule has 24 heavy (non-hydrogen) atoms. The van der Waals surface area contributed by atoms with Gasteiger partial charge >= 0.3 is 0 Å². The van der Waals surface area contributed by atoms with Gasteiger partial charge in [-0.2, -0.15) is 0 Å². The summed E-state index contributed by atoms with van der Waals surface area (Å²) >= 11 is 0. The number of morpholine rings is 1. The predicted molar refractivity (Wildman–Crippen MR) is 89.3 cm³/mol. The van der Waals surface area contributed by atoms with E-state index in [1.165, 1.54) is 5.56 Å². The van der Waals surface area contributed by atoms with E-state index in [1.54, 1.807) is 0 Å². The third-order valence-electron chi connectivity index (χ3n) is 4.48. The van der Waals surface area contributed by atoms with Gasteiger partial charge in [0.1, 0.15) is 25.1 Å². The lowest BCUT2D eigenvalue weighted by Gasteiger charge is -2.32. The minimum atomic E-state index is 0.0228. The number of imidazole rings is 1. The average molecular weight is 329 g/mol. The van der Waals surface area contributed by atoms with E-state index < -0.39 is 0 Å². The molecule has 0 unspecified atom stereocenters. The Kier molecular flexibility index (Phi) is 4.16. The Bertz CT molecular complexity index is 728. The van der Waals surface area contributed by atoms with Crippen molar-refractivity contribution in [1.82, 2.24) is 14.5 Å². The molecule has 0 saturated carbocycles. The van der Waals surface area contributed by atoms with Crippen molar-refractivity contribution in [2.45, 2.75) is 19.6 Å². The third kappa shape index (κ3) is 3.12. The summed E-state index contributed by atoms with van der Waals surface area (Å²) in [5, 5.41) is 0. The fourth-order valence-electron chi connectivity index (χ4n) is 3.38. The molecule has 0 aliphatic carbocycles. The summed E-state index contributed by atoms with van der Waals surface area (Å²) in [5.74, 6) is 2.69. The van der Waals surface area contributed by atoms with Crippen molar-refractivity contribution in [1.29, 1.82) is 0 Å². The zero-order valence-corrected chi connectivity index (χ0v) is 14.2. The highest BCUT2D eigenvalue weighted by molar-refractivity contribution is 5.43. The number of aryl methyl sites for hydroxylation is 2. The van der Waals surface area contributed by atoms with Gasteiger partial charge in [0, 0.05) is 32.9 Å². The first-order chi connectivity index (χ1) is 11.7. The SMILES string of the molecule is Cc1cn(C)c([C@H]2CN(Cc3ccc4c(c3)OCCO4)CCO2)n1. The molecule has 128 valence electrons. The van der Waals surface area contributed by atoms with Gasteiger partial charge in [-0.25, -0.2) is 4.98 Å². The minimum absolute atomic E-state index is 0.0228. The standard InChI is InChI=1S/C18H23N3O3/c1-13-10-20(2)18(19-13)17-12-21(5-6-22-17)11-14-3-4-15-16(9-14)24-8-7-23-15/h3-4,9-10,17H,5-8,11-12H2,1-2H3/t17-/m1/s1. The summed E-state index contributed by atoms with van der Waals surface area (Å²) < 4.78 is 19.3. The number of aromatic nitrogens is 2. The second-order valence-corrected chi connectivity index (χ2v) is 6.42. The van der Waals surface area contributed by atoms with E-state index in [2.05, 4.69) is 26.6 Å². The Labute approximate surface area is 142 Å². The topological polar surface area (TPSA) is 48.8 Å². The molecule has 0 radical (unpaired) electrons. The van der Waals surface area contributed by atoms with E-state index in [0.717, 1.165) is 49.3 Å². The van der Waals surface area contributed by atoms with Crippen LogP contribution in [0.2, 0.25) is 0 Å². The lowest BCUT2D eigenvalue weighted by atomic mass is 10.1. The van der Waals surface area contributed by atoms with Gasteiger partial charge in [0.2, 0.25) is 0 Å². The van der Waals surface area contributed by atoms with Gasteiger partial charge in [-0.05, 0) is 24.6 Å². The number of benzene rings is 1. The predicted octanol–water partition coefficient (Wildman–Crippen LogP) is 2.07. The normalized spacial score (nSPS) is 21.0. The van der Waals surface area contributed by atoms with Crippen molar-refractivity contribution in [3.8, 4) is 11.5 Å². The Morgan fingerprint density at radius 2 is 2.00 bits per heavy atom. The van der Waals surface area contributed by atoms with Gasteiger partial charge in [0.05, 0.1) is 12.3 Å². The molecule has 1 atom stereocenters. The van der Waals surface area contributed by atoms with E-state index in [-0.39, 0.29) is 6.10 Å². The van der Waals surface area contributed by atoms with Crippen molar-refractivity contribution >= 4 is 0 Å². The van der Waals surface area contributed by atoms with Gasteiger partial charge in [-0.3, -0.25) is 4.90 Å². The first-order valence-electron chi connectivity index (χ1n) is 8.41. The van der Waals surface area contributed by atoms with Crippen LogP contribution in [0.3, 0.4) is 0 Å². The fraction of sp³-hybridized carbons (Fsp3) is 0.500. The molecule has 0 amide bonds. The maximum Gasteiger partial charge on any atom is 0.161 e. The number of rotatable bonds is 3. The Morgan fingerprint density at radius 1 is 1.17 bits per heavy atom. The van der Waals surface area contributed by atoms with E-state index in [0.29, 0.717) is 13.2 Å². The van der Waals surface area contributed by atoms with Crippen molar-refractivity contribution in [2.75, 3.05) is 32.9 Å². The largest absolute Gasteiger partial charge is 0.486 e. The van der Waals surface area contributed by atoms with Crippen LogP contribution in [0.4, 0.5) is 0 Å². The molecular weight excluding hydrogens is 306 g/mol. The number of hydrogen-bond donors (Lipinski definition) is 0. The maximum atomic E-state index is 5.95. The lowest BCUT2D eigenvalue weighted by Crippen LogP contribution is -2.38. The Morgan fingerprint density at radius 3 is 2.79 bits per heavy atom. The van der Waals surface area contributed by atoms with Crippen molar-refractivity contribution in [3.05, 3.63) is 41.5 Å².